The van der Waals surface area contributed by atoms with Crippen molar-refractivity contribution in [2.45, 2.75) is 20.1 Å². The van der Waals surface area contributed by atoms with Crippen LogP contribution in [0.15, 0.2) is 97.1 Å². The third-order valence-electron chi connectivity index (χ3n) is 6.20. The van der Waals surface area contributed by atoms with Crippen molar-refractivity contribution in [3.8, 4) is 34.6 Å². The molecule has 0 atom stereocenters. The zero-order valence-corrected chi connectivity index (χ0v) is 21.6. The van der Waals surface area contributed by atoms with Crippen LogP contribution >= 0.6 is 0 Å². The molecule has 5 rings (SSSR count). The Hall–Kier alpha value is -5.11. The number of carbonyl (C=O) groups is 1. The van der Waals surface area contributed by atoms with Gasteiger partial charge in [0.05, 0.1) is 18.4 Å². The number of carbonyl (C=O) groups excluding carboxylic acids is 1. The maximum Gasteiger partial charge on any atom is 0.341 e. The van der Waals surface area contributed by atoms with Crippen LogP contribution in [0.3, 0.4) is 0 Å². The first kappa shape index (κ1) is 25.5. The van der Waals surface area contributed by atoms with E-state index in [9.17, 15) is 9.90 Å². The van der Waals surface area contributed by atoms with E-state index >= 15 is 0 Å². The largest absolute Gasteiger partial charge is 0.488 e. The van der Waals surface area contributed by atoms with E-state index in [4.69, 9.17) is 14.2 Å². The molecular formula is C31H27N3O5. The predicted octanol–water partition coefficient (Wildman–Crippen LogP) is 5.89. The average molecular weight is 522 g/mol. The highest BCUT2D eigenvalue weighted by molar-refractivity contribution is 5.95. The van der Waals surface area contributed by atoms with Crippen LogP contribution in [-0.2, 0) is 18.0 Å². The van der Waals surface area contributed by atoms with Crippen molar-refractivity contribution in [3.05, 3.63) is 119 Å². The predicted molar refractivity (Wildman–Crippen MR) is 146 cm³/mol. The lowest BCUT2D eigenvalue weighted by Gasteiger charge is -2.18. The van der Waals surface area contributed by atoms with E-state index in [2.05, 4.69) is 10.2 Å². The molecule has 0 aliphatic rings. The molecule has 0 aliphatic heterocycles. The maximum absolute atomic E-state index is 12.9. The number of aryl methyl sites for hydroxylation is 1. The van der Waals surface area contributed by atoms with Gasteiger partial charge in [-0.05, 0) is 35.7 Å². The van der Waals surface area contributed by atoms with E-state index in [1.54, 1.807) is 12.1 Å². The van der Waals surface area contributed by atoms with Crippen LogP contribution in [0.25, 0.3) is 17.1 Å². The van der Waals surface area contributed by atoms with Crippen LogP contribution in [0, 0.1) is 6.92 Å². The maximum atomic E-state index is 12.9. The fraction of sp³-hybridized carbons (Fsp3) is 0.129. The summed E-state index contributed by atoms with van der Waals surface area (Å²) >= 11 is 0. The Labute approximate surface area is 226 Å². The van der Waals surface area contributed by atoms with Gasteiger partial charge in [-0.3, -0.25) is 0 Å². The number of ether oxygens (including phenoxy) is 3. The summed E-state index contributed by atoms with van der Waals surface area (Å²) in [6.45, 7) is 2.42. The van der Waals surface area contributed by atoms with Crippen LogP contribution < -0.4 is 9.47 Å². The summed E-state index contributed by atoms with van der Waals surface area (Å²) in [5.41, 5.74) is 4.11. The minimum absolute atomic E-state index is 0.189. The van der Waals surface area contributed by atoms with Gasteiger partial charge in [-0.2, -0.15) is 0 Å². The fourth-order valence-corrected chi connectivity index (χ4v) is 4.20. The molecule has 0 amide bonds. The highest BCUT2D eigenvalue weighted by Crippen LogP contribution is 2.39. The van der Waals surface area contributed by atoms with Gasteiger partial charge in [-0.15, -0.1) is 5.10 Å². The quantitative estimate of drug-likeness (QED) is 0.242. The van der Waals surface area contributed by atoms with Crippen LogP contribution in [0.2, 0.25) is 0 Å². The summed E-state index contributed by atoms with van der Waals surface area (Å²) in [7, 11) is 1.31. The Morgan fingerprint density at radius 3 is 2.00 bits per heavy atom. The molecular weight excluding hydrogens is 494 g/mol. The summed E-state index contributed by atoms with van der Waals surface area (Å²) in [4.78, 5) is 12.9. The number of hydrogen-bond donors (Lipinski definition) is 1. The standard InChI is InChI=1S/C31H27N3O5/c1-21-11-9-10-16-26(21)34-29(32-33-31(34)36)24-17-25(30(35)37-2)28(39-20-23-14-7-4-8-15-23)18-27(24)38-19-22-12-5-3-6-13-22/h3-18H,19-20H2,1-2H3,(H,33,36). The molecule has 4 aromatic carbocycles. The van der Waals surface area contributed by atoms with Crippen molar-refractivity contribution in [2.75, 3.05) is 7.11 Å². The Morgan fingerprint density at radius 1 is 0.795 bits per heavy atom. The second-order valence-electron chi connectivity index (χ2n) is 8.83. The van der Waals surface area contributed by atoms with Crippen molar-refractivity contribution in [1.82, 2.24) is 14.8 Å². The zero-order valence-electron chi connectivity index (χ0n) is 21.6. The molecule has 0 saturated heterocycles. The average Bonchev–Trinajstić information content (AvgIpc) is 3.36. The second-order valence-corrected chi connectivity index (χ2v) is 8.83. The number of benzene rings is 4. The van der Waals surface area contributed by atoms with Gasteiger partial charge in [0, 0.05) is 6.07 Å². The number of aromatic nitrogens is 3. The van der Waals surface area contributed by atoms with Crippen molar-refractivity contribution < 1.29 is 24.1 Å². The fourth-order valence-electron chi connectivity index (χ4n) is 4.20. The Balaban J connectivity index is 1.64. The van der Waals surface area contributed by atoms with Crippen molar-refractivity contribution in [1.29, 1.82) is 0 Å². The molecule has 0 aliphatic carbocycles. The normalized spacial score (nSPS) is 10.7. The number of nitrogens with zero attached hydrogens (tertiary/aromatic N) is 3. The van der Waals surface area contributed by atoms with Crippen LogP contribution in [0.5, 0.6) is 17.5 Å². The van der Waals surface area contributed by atoms with Gasteiger partial charge in [0.2, 0.25) is 0 Å². The molecule has 0 saturated carbocycles. The van der Waals surface area contributed by atoms with Crippen LogP contribution in [-0.4, -0.2) is 33.0 Å². The summed E-state index contributed by atoms with van der Waals surface area (Å²) in [5, 5.41) is 18.9. The molecule has 0 spiro atoms. The lowest BCUT2D eigenvalue weighted by Crippen LogP contribution is -2.09. The first-order valence-corrected chi connectivity index (χ1v) is 12.4. The third kappa shape index (κ3) is 5.60. The van der Waals surface area contributed by atoms with E-state index in [0.717, 1.165) is 16.7 Å². The summed E-state index contributed by atoms with van der Waals surface area (Å²) in [5.74, 6) is 0.408. The minimum Gasteiger partial charge on any atom is -0.488 e. The van der Waals surface area contributed by atoms with E-state index in [1.165, 1.54) is 11.7 Å². The van der Waals surface area contributed by atoms with Gasteiger partial charge in [0.1, 0.15) is 30.3 Å². The van der Waals surface area contributed by atoms with Gasteiger partial charge in [-0.1, -0.05) is 84.0 Å². The molecule has 8 heteroatoms. The third-order valence-corrected chi connectivity index (χ3v) is 6.20. The van der Waals surface area contributed by atoms with Gasteiger partial charge in [-0.25, -0.2) is 9.36 Å². The molecule has 5 aromatic rings. The first-order valence-electron chi connectivity index (χ1n) is 12.4. The number of methoxy groups -OCH3 is 1. The van der Waals surface area contributed by atoms with Crippen molar-refractivity contribution in [3.63, 3.8) is 0 Å². The minimum atomic E-state index is -0.583. The Morgan fingerprint density at radius 2 is 1.38 bits per heavy atom. The molecule has 196 valence electrons. The molecule has 39 heavy (non-hydrogen) atoms. The van der Waals surface area contributed by atoms with E-state index in [-0.39, 0.29) is 24.8 Å². The van der Waals surface area contributed by atoms with Crippen LogP contribution in [0.4, 0.5) is 0 Å². The highest BCUT2D eigenvalue weighted by atomic mass is 16.5. The molecule has 8 nitrogen and oxygen atoms in total. The van der Waals surface area contributed by atoms with E-state index in [0.29, 0.717) is 28.6 Å². The SMILES string of the molecule is COC(=O)c1cc(-c2nnc(O)n2-c2ccccc2C)c(OCc2ccccc2)cc1OCc1ccccc1. The first-order chi connectivity index (χ1) is 19.0. The summed E-state index contributed by atoms with van der Waals surface area (Å²) in [6.07, 6.45) is 0. The monoisotopic (exact) mass is 521 g/mol. The highest BCUT2D eigenvalue weighted by Gasteiger charge is 2.25. The lowest BCUT2D eigenvalue weighted by molar-refractivity contribution is 0.0595. The lowest BCUT2D eigenvalue weighted by atomic mass is 10.1. The molecule has 1 N–H and O–H groups in total. The van der Waals surface area contributed by atoms with E-state index < -0.39 is 5.97 Å². The molecule has 0 bridgehead atoms. The number of esters is 1. The summed E-state index contributed by atoms with van der Waals surface area (Å²) in [6, 6.07) is 29.8. The number of rotatable bonds is 9. The number of aromatic hydroxyl groups is 1. The summed E-state index contributed by atoms with van der Waals surface area (Å²) < 4.78 is 19.0. The van der Waals surface area contributed by atoms with Gasteiger partial charge >= 0.3 is 12.0 Å². The molecule has 0 fully saturated rings. The van der Waals surface area contributed by atoms with Crippen molar-refractivity contribution in [2.24, 2.45) is 0 Å². The Kier molecular flexibility index (Phi) is 7.54. The zero-order chi connectivity index (χ0) is 27.2. The smallest absolute Gasteiger partial charge is 0.341 e. The molecule has 1 heterocycles. The molecule has 1 aromatic heterocycles. The molecule has 0 unspecified atom stereocenters. The van der Waals surface area contributed by atoms with Gasteiger partial charge in [0.25, 0.3) is 0 Å². The van der Waals surface area contributed by atoms with Gasteiger partial charge < -0.3 is 19.3 Å². The van der Waals surface area contributed by atoms with E-state index in [1.807, 2.05) is 91.9 Å². The Bertz CT molecular complexity index is 1580. The van der Waals surface area contributed by atoms with Crippen molar-refractivity contribution >= 4 is 5.97 Å². The molecule has 0 radical (unpaired) electrons. The van der Waals surface area contributed by atoms with Crippen LogP contribution in [0.1, 0.15) is 27.0 Å². The number of para-hydroxylation sites is 1. The number of hydrogen-bond acceptors (Lipinski definition) is 7. The second kappa shape index (κ2) is 11.5. The van der Waals surface area contributed by atoms with Gasteiger partial charge in [0.15, 0.2) is 5.82 Å². The topological polar surface area (TPSA) is 95.7 Å².